The summed E-state index contributed by atoms with van der Waals surface area (Å²) >= 11 is 0. The Labute approximate surface area is 187 Å². The Morgan fingerprint density at radius 2 is 1.91 bits per heavy atom. The van der Waals surface area contributed by atoms with Crippen LogP contribution in [0.15, 0.2) is 59.7 Å². The number of fused-ring (bicyclic) bond motifs is 5. The summed E-state index contributed by atoms with van der Waals surface area (Å²) in [6.45, 7) is 5.47. The molecule has 3 aliphatic rings. The zero-order valence-corrected chi connectivity index (χ0v) is 18.9. The highest BCUT2D eigenvalue weighted by atomic mass is 16.6. The van der Waals surface area contributed by atoms with Crippen LogP contribution in [0.3, 0.4) is 0 Å². The number of hydrogen-bond acceptors (Lipinski definition) is 6. The van der Waals surface area contributed by atoms with Gasteiger partial charge in [0.15, 0.2) is 0 Å². The second-order valence-electron chi connectivity index (χ2n) is 9.14. The van der Waals surface area contributed by atoms with E-state index in [1.807, 2.05) is 36.4 Å². The molecule has 168 valence electrons. The van der Waals surface area contributed by atoms with E-state index in [0.717, 1.165) is 11.3 Å². The molecule has 0 saturated heterocycles. The molecule has 7 nitrogen and oxygen atoms in total. The van der Waals surface area contributed by atoms with Gasteiger partial charge in [-0.3, -0.25) is 9.69 Å². The molecule has 2 bridgehead atoms. The molecule has 7 heteroatoms. The number of nitrogens with zero attached hydrogens (tertiary/aromatic N) is 1. The van der Waals surface area contributed by atoms with Crippen LogP contribution in [0.1, 0.15) is 26.3 Å². The lowest BCUT2D eigenvalue weighted by atomic mass is 9.65. The number of carbonyl (C=O) groups excluding carboxylic acids is 3. The molecule has 0 saturated carbocycles. The van der Waals surface area contributed by atoms with Gasteiger partial charge in [0.1, 0.15) is 17.7 Å². The van der Waals surface area contributed by atoms with Crippen LogP contribution in [-0.4, -0.2) is 44.4 Å². The van der Waals surface area contributed by atoms with Gasteiger partial charge in [0.25, 0.3) is 0 Å². The second kappa shape index (κ2) is 7.74. The van der Waals surface area contributed by atoms with Crippen molar-refractivity contribution in [1.82, 2.24) is 0 Å². The maximum Gasteiger partial charge on any atom is 0.334 e. The number of para-hydroxylation sites is 1. The van der Waals surface area contributed by atoms with Crippen LogP contribution in [0.5, 0.6) is 0 Å². The molecule has 0 fully saturated rings. The van der Waals surface area contributed by atoms with Gasteiger partial charge in [0, 0.05) is 30.6 Å². The Hall–Kier alpha value is -3.19. The monoisotopic (exact) mass is 437 g/mol. The van der Waals surface area contributed by atoms with E-state index in [4.69, 9.17) is 14.2 Å². The number of anilines is 1. The molecule has 1 spiro atoms. The highest BCUT2D eigenvalue weighted by Crippen LogP contribution is 2.57. The minimum atomic E-state index is -1.09. The Balaban J connectivity index is 1.89. The predicted octanol–water partition coefficient (Wildman–Crippen LogP) is 3.06. The van der Waals surface area contributed by atoms with Gasteiger partial charge in [-0.2, -0.15) is 0 Å². The zero-order valence-electron chi connectivity index (χ0n) is 18.9. The molecule has 32 heavy (non-hydrogen) atoms. The number of hydrogen-bond donors (Lipinski definition) is 0. The van der Waals surface area contributed by atoms with Gasteiger partial charge in [-0.25, -0.2) is 9.59 Å². The molecular formula is C25H27NO6. The molecule has 3 atom stereocenters. The Bertz CT molecular complexity index is 1080. The van der Waals surface area contributed by atoms with E-state index < -0.39 is 34.8 Å². The molecule has 0 unspecified atom stereocenters. The minimum Gasteiger partial charge on any atom is -0.466 e. The van der Waals surface area contributed by atoms with Crippen molar-refractivity contribution in [2.75, 3.05) is 25.9 Å². The van der Waals surface area contributed by atoms with E-state index in [-0.39, 0.29) is 12.6 Å². The first-order valence-corrected chi connectivity index (χ1v) is 10.5. The summed E-state index contributed by atoms with van der Waals surface area (Å²) in [5.74, 6) is -2.16. The third-order valence-electron chi connectivity index (χ3n) is 6.05. The lowest BCUT2D eigenvalue weighted by Crippen LogP contribution is -2.46. The highest BCUT2D eigenvalue weighted by molar-refractivity contribution is 6.11. The topological polar surface area (TPSA) is 82.1 Å². The third kappa shape index (κ3) is 3.28. The fourth-order valence-corrected chi connectivity index (χ4v) is 4.90. The fraction of sp³-hybridized carbons (Fsp3) is 0.400. The first-order chi connectivity index (χ1) is 15.1. The van der Waals surface area contributed by atoms with Crippen molar-refractivity contribution in [2.24, 2.45) is 11.8 Å². The summed E-state index contributed by atoms with van der Waals surface area (Å²) in [7, 11) is 2.85. The van der Waals surface area contributed by atoms with Crippen LogP contribution in [0, 0.1) is 11.8 Å². The van der Waals surface area contributed by atoms with Crippen LogP contribution >= 0.6 is 0 Å². The van der Waals surface area contributed by atoms with Crippen LogP contribution in [-0.2, 0) is 34.0 Å². The molecular weight excluding hydrogens is 410 g/mol. The zero-order chi connectivity index (χ0) is 23.3. The maximum absolute atomic E-state index is 13.8. The molecule has 0 aromatic heterocycles. The Morgan fingerprint density at radius 1 is 1.19 bits per heavy atom. The average molecular weight is 437 g/mol. The Kier molecular flexibility index (Phi) is 5.33. The maximum atomic E-state index is 13.8. The minimum absolute atomic E-state index is 0.0975. The SMILES string of the molecule is COCN1C(=O)[C@]2(C=C[C@@H]3C(C(=O)OC)=C[C@H]2C3=CC(=O)OC(C)(C)C)c2ccccc21. The smallest absolute Gasteiger partial charge is 0.334 e. The molecule has 1 heterocycles. The van der Waals surface area contributed by atoms with Gasteiger partial charge < -0.3 is 14.2 Å². The quantitative estimate of drug-likeness (QED) is 0.409. The number of benzene rings is 1. The average Bonchev–Trinajstić information content (AvgIpc) is 3.11. The van der Waals surface area contributed by atoms with Crippen molar-refractivity contribution in [3.8, 4) is 0 Å². The molecule has 4 rings (SSSR count). The molecule has 0 N–H and O–H groups in total. The van der Waals surface area contributed by atoms with E-state index in [2.05, 4.69) is 0 Å². The van der Waals surface area contributed by atoms with Gasteiger partial charge in [-0.1, -0.05) is 36.4 Å². The fourth-order valence-electron chi connectivity index (χ4n) is 4.90. The van der Waals surface area contributed by atoms with Crippen LogP contribution in [0.25, 0.3) is 0 Å². The molecule has 1 amide bonds. The molecule has 1 aromatic rings. The standard InChI is InChI=1S/C25H27NO6/c1-24(2,3)32-21(27)13-16-15-10-11-25(19(16)12-17(15)22(28)31-5)18-8-6-7-9-20(18)26(14-30-4)23(25)29/h6-13,15,19H,14H2,1-5H3/t15-,19-,25+/m0/s1. The van der Waals surface area contributed by atoms with Crippen molar-refractivity contribution in [3.05, 3.63) is 65.3 Å². The van der Waals surface area contributed by atoms with E-state index in [9.17, 15) is 14.4 Å². The third-order valence-corrected chi connectivity index (χ3v) is 6.05. The highest BCUT2D eigenvalue weighted by Gasteiger charge is 2.59. The lowest BCUT2D eigenvalue weighted by molar-refractivity contribution is -0.148. The predicted molar refractivity (Wildman–Crippen MR) is 118 cm³/mol. The van der Waals surface area contributed by atoms with Crippen molar-refractivity contribution >= 4 is 23.5 Å². The normalized spacial score (nSPS) is 27.0. The van der Waals surface area contributed by atoms with Crippen LogP contribution in [0.4, 0.5) is 5.69 Å². The van der Waals surface area contributed by atoms with Gasteiger partial charge in [-0.15, -0.1) is 0 Å². The van der Waals surface area contributed by atoms with Crippen molar-refractivity contribution in [2.45, 2.75) is 31.8 Å². The molecule has 0 radical (unpaired) electrons. The molecule has 2 aliphatic carbocycles. The molecule has 1 aromatic carbocycles. The van der Waals surface area contributed by atoms with Crippen molar-refractivity contribution < 1.29 is 28.6 Å². The largest absolute Gasteiger partial charge is 0.466 e. The second-order valence-corrected chi connectivity index (χ2v) is 9.14. The van der Waals surface area contributed by atoms with Crippen molar-refractivity contribution in [1.29, 1.82) is 0 Å². The first kappa shape index (κ1) is 22.0. The van der Waals surface area contributed by atoms with E-state index in [0.29, 0.717) is 11.1 Å². The van der Waals surface area contributed by atoms with Gasteiger partial charge in [-0.05, 0) is 38.0 Å². The first-order valence-electron chi connectivity index (χ1n) is 10.5. The number of ether oxygens (including phenoxy) is 3. The van der Waals surface area contributed by atoms with E-state index >= 15 is 0 Å². The van der Waals surface area contributed by atoms with Crippen molar-refractivity contribution in [3.63, 3.8) is 0 Å². The Morgan fingerprint density at radius 3 is 2.56 bits per heavy atom. The molecule has 1 aliphatic heterocycles. The number of rotatable bonds is 4. The summed E-state index contributed by atoms with van der Waals surface area (Å²) in [4.78, 5) is 40.7. The van der Waals surface area contributed by atoms with Crippen LogP contribution in [0.2, 0.25) is 0 Å². The van der Waals surface area contributed by atoms with Crippen LogP contribution < -0.4 is 4.90 Å². The summed E-state index contributed by atoms with van der Waals surface area (Å²) in [6.07, 6.45) is 6.86. The van der Waals surface area contributed by atoms with Gasteiger partial charge in [0.2, 0.25) is 5.91 Å². The lowest BCUT2D eigenvalue weighted by Gasteiger charge is -2.36. The number of allylic oxidation sites excluding steroid dienone is 3. The summed E-state index contributed by atoms with van der Waals surface area (Å²) in [5, 5.41) is 0. The summed E-state index contributed by atoms with van der Waals surface area (Å²) in [5.41, 5.74) is 0.854. The van der Waals surface area contributed by atoms with E-state index in [1.165, 1.54) is 20.3 Å². The summed E-state index contributed by atoms with van der Waals surface area (Å²) < 4.78 is 15.8. The number of amides is 1. The number of esters is 2. The number of carbonyl (C=O) groups is 3. The van der Waals surface area contributed by atoms with Gasteiger partial charge in [0.05, 0.1) is 12.8 Å². The van der Waals surface area contributed by atoms with E-state index in [1.54, 1.807) is 31.7 Å². The number of methoxy groups -OCH3 is 2. The van der Waals surface area contributed by atoms with Gasteiger partial charge >= 0.3 is 11.9 Å². The summed E-state index contributed by atoms with van der Waals surface area (Å²) in [6, 6.07) is 7.52.